The third-order valence-electron chi connectivity index (χ3n) is 6.51. The molecule has 2 aliphatic rings. The maximum absolute atomic E-state index is 14.8. The number of ether oxygens (including phenoxy) is 1. The minimum atomic E-state index is -0.623. The van der Waals surface area contributed by atoms with Gasteiger partial charge in [-0.15, -0.1) is 11.3 Å². The highest BCUT2D eigenvalue weighted by Gasteiger charge is 2.38. The number of hydrogen-bond donors (Lipinski definition) is 3. The second kappa shape index (κ2) is 11.0. The molecule has 206 valence electrons. The number of rotatable bonds is 5. The van der Waals surface area contributed by atoms with Crippen molar-refractivity contribution in [2.24, 2.45) is 5.41 Å². The van der Waals surface area contributed by atoms with E-state index in [4.69, 9.17) is 4.74 Å². The van der Waals surface area contributed by atoms with Gasteiger partial charge in [-0.3, -0.25) is 9.59 Å². The number of anilines is 2. The highest BCUT2D eigenvalue weighted by molar-refractivity contribution is 14.1. The lowest BCUT2D eigenvalue weighted by Gasteiger charge is -2.28. The van der Waals surface area contributed by atoms with Crippen LogP contribution in [0.3, 0.4) is 0 Å². The summed E-state index contributed by atoms with van der Waals surface area (Å²) in [4.78, 5) is 41.7. The number of thiophene rings is 1. The van der Waals surface area contributed by atoms with Gasteiger partial charge in [0.2, 0.25) is 0 Å². The van der Waals surface area contributed by atoms with Gasteiger partial charge in [-0.25, -0.2) is 9.18 Å². The molecule has 1 aromatic heterocycles. The van der Waals surface area contributed by atoms with Crippen molar-refractivity contribution in [2.75, 3.05) is 25.0 Å². The molecule has 1 fully saturated rings. The predicted octanol–water partition coefficient (Wildman–Crippen LogP) is 5.68. The van der Waals surface area contributed by atoms with Crippen LogP contribution in [0.15, 0.2) is 18.2 Å². The van der Waals surface area contributed by atoms with Crippen molar-refractivity contribution in [1.29, 1.82) is 0 Å². The van der Waals surface area contributed by atoms with E-state index in [1.54, 1.807) is 37.8 Å². The maximum Gasteiger partial charge on any atom is 0.407 e. The number of hydrogen-bond acceptors (Lipinski definition) is 6. The molecule has 38 heavy (non-hydrogen) atoms. The van der Waals surface area contributed by atoms with Crippen LogP contribution in [0.4, 0.5) is 19.9 Å². The van der Waals surface area contributed by atoms with Crippen LogP contribution >= 0.6 is 33.9 Å². The first-order valence-electron chi connectivity index (χ1n) is 12.7. The summed E-state index contributed by atoms with van der Waals surface area (Å²) in [6, 6.07) is 4.60. The van der Waals surface area contributed by atoms with Crippen LogP contribution in [-0.4, -0.2) is 54.1 Å². The topological polar surface area (TPSA) is 99.8 Å². The lowest BCUT2D eigenvalue weighted by atomic mass is 9.85. The molecule has 4 rings (SSSR count). The van der Waals surface area contributed by atoms with Crippen LogP contribution in [-0.2, 0) is 11.2 Å². The molecule has 1 saturated heterocycles. The van der Waals surface area contributed by atoms with Crippen molar-refractivity contribution in [2.45, 2.75) is 65.5 Å². The quantitative estimate of drug-likeness (QED) is 0.360. The number of carbonyl (C=O) groups is 3. The third-order valence-corrected chi connectivity index (χ3v) is 8.33. The lowest BCUT2D eigenvalue weighted by Crippen LogP contribution is -2.44. The van der Waals surface area contributed by atoms with Crippen molar-refractivity contribution in [1.82, 2.24) is 15.5 Å². The highest BCUT2D eigenvalue weighted by Crippen LogP contribution is 2.42. The van der Waals surface area contributed by atoms with Crippen LogP contribution in [0.25, 0.3) is 0 Å². The molecule has 3 heterocycles. The lowest BCUT2D eigenvalue weighted by molar-refractivity contribution is 0.0501. The summed E-state index contributed by atoms with van der Waals surface area (Å²) < 4.78 is 20.9. The van der Waals surface area contributed by atoms with E-state index in [9.17, 15) is 18.8 Å². The monoisotopic (exact) mass is 656 g/mol. The van der Waals surface area contributed by atoms with Gasteiger partial charge >= 0.3 is 6.09 Å². The van der Waals surface area contributed by atoms with Gasteiger partial charge in [-0.05, 0) is 91.8 Å². The first-order chi connectivity index (χ1) is 17.7. The van der Waals surface area contributed by atoms with Crippen LogP contribution in [0.1, 0.15) is 73.1 Å². The summed E-state index contributed by atoms with van der Waals surface area (Å²) in [5.74, 6) is -0.899. The zero-order valence-electron chi connectivity index (χ0n) is 22.3. The molecule has 0 bridgehead atoms. The molecular weight excluding hydrogens is 622 g/mol. The number of halogens is 2. The third kappa shape index (κ3) is 6.59. The zero-order valence-corrected chi connectivity index (χ0v) is 25.3. The molecule has 8 nitrogen and oxygen atoms in total. The fraction of sp³-hybridized carbons (Fsp3) is 0.519. The number of likely N-dealkylation sites (tertiary alicyclic amines) is 1. The Morgan fingerprint density at radius 3 is 2.74 bits per heavy atom. The van der Waals surface area contributed by atoms with Crippen LogP contribution in [0, 0.1) is 14.8 Å². The summed E-state index contributed by atoms with van der Waals surface area (Å²) in [5.41, 5.74) is 0.421. The van der Waals surface area contributed by atoms with E-state index in [0.717, 1.165) is 16.4 Å². The Kier molecular flexibility index (Phi) is 8.27. The van der Waals surface area contributed by atoms with E-state index in [1.165, 1.54) is 17.4 Å². The normalized spacial score (nSPS) is 18.9. The van der Waals surface area contributed by atoms with Gasteiger partial charge in [0.05, 0.1) is 16.1 Å². The number of benzene rings is 1. The fourth-order valence-corrected chi connectivity index (χ4v) is 6.35. The predicted molar refractivity (Wildman–Crippen MR) is 155 cm³/mol. The van der Waals surface area contributed by atoms with Crippen molar-refractivity contribution in [3.05, 3.63) is 43.6 Å². The van der Waals surface area contributed by atoms with Crippen LogP contribution < -0.4 is 16.0 Å². The highest BCUT2D eigenvalue weighted by atomic mass is 127. The zero-order chi connectivity index (χ0) is 27.8. The summed E-state index contributed by atoms with van der Waals surface area (Å²) in [7, 11) is 0. The number of alkyl carbamates (subject to hydrolysis) is 1. The summed E-state index contributed by atoms with van der Waals surface area (Å²) >= 11 is 3.22. The minimum Gasteiger partial charge on any atom is -0.444 e. The standard InChI is InChI=1S/C27H34FIN4O4S/c1-26(2,3)37-25(36)30-13-16-7-6-10-33(16)24(35)20-17-12-27(4,5)14-31-22(34)21(17)38-23(20)32-19-9-8-15(29)11-18(19)28/h8-9,11,16,32H,6-7,10,12-14H2,1-5H3,(H,30,36)(H,31,34)/t16-/m1/s1. The molecule has 0 radical (unpaired) electrons. The Hall–Kier alpha value is -2.41. The number of nitrogens with one attached hydrogen (secondary N) is 3. The molecule has 0 saturated carbocycles. The summed E-state index contributed by atoms with van der Waals surface area (Å²) in [5, 5.41) is 9.31. The van der Waals surface area contributed by atoms with Gasteiger partial charge in [-0.2, -0.15) is 0 Å². The van der Waals surface area contributed by atoms with Crippen LogP contribution in [0.5, 0.6) is 0 Å². The molecule has 0 unspecified atom stereocenters. The van der Waals surface area contributed by atoms with Gasteiger partial charge in [0.15, 0.2) is 0 Å². The maximum atomic E-state index is 14.8. The van der Waals surface area contributed by atoms with Gasteiger partial charge < -0.3 is 25.6 Å². The van der Waals surface area contributed by atoms with E-state index >= 15 is 0 Å². The van der Waals surface area contributed by atoms with Gasteiger partial charge in [-0.1, -0.05) is 13.8 Å². The van der Waals surface area contributed by atoms with Crippen molar-refractivity contribution in [3.63, 3.8) is 0 Å². The molecule has 0 spiro atoms. The van der Waals surface area contributed by atoms with Crippen molar-refractivity contribution < 1.29 is 23.5 Å². The van der Waals surface area contributed by atoms with Crippen molar-refractivity contribution in [3.8, 4) is 0 Å². The fourth-order valence-electron chi connectivity index (χ4n) is 4.76. The molecular formula is C27H34FIN4O4S. The first kappa shape index (κ1) is 28.6. The van der Waals surface area contributed by atoms with E-state index in [0.29, 0.717) is 40.5 Å². The van der Waals surface area contributed by atoms with Gasteiger partial charge in [0, 0.05) is 29.2 Å². The Balaban J connectivity index is 1.68. The Morgan fingerprint density at radius 1 is 1.32 bits per heavy atom. The number of carbonyl (C=O) groups excluding carboxylic acids is 3. The Labute approximate surface area is 240 Å². The molecule has 2 aliphatic heterocycles. The molecule has 0 aliphatic carbocycles. The first-order valence-corrected chi connectivity index (χ1v) is 14.6. The second-order valence-corrected chi connectivity index (χ2v) is 13.8. The second-order valence-electron chi connectivity index (χ2n) is 11.6. The molecule has 11 heteroatoms. The van der Waals surface area contributed by atoms with Gasteiger partial charge in [0.25, 0.3) is 11.8 Å². The number of fused-ring (bicyclic) bond motifs is 1. The van der Waals surface area contributed by atoms with E-state index in [2.05, 4.69) is 16.0 Å². The molecule has 3 amide bonds. The van der Waals surface area contributed by atoms with Crippen LogP contribution in [0.2, 0.25) is 0 Å². The smallest absolute Gasteiger partial charge is 0.407 e. The SMILES string of the molecule is CC1(C)CNC(=O)c2sc(Nc3ccc(I)cc3F)c(C(=O)N3CCC[C@@H]3CNC(=O)OC(C)(C)C)c2C1. The van der Waals surface area contributed by atoms with E-state index in [1.807, 2.05) is 36.4 Å². The largest absolute Gasteiger partial charge is 0.444 e. The Morgan fingerprint density at radius 2 is 2.05 bits per heavy atom. The minimum absolute atomic E-state index is 0.221. The summed E-state index contributed by atoms with van der Waals surface area (Å²) in [6.45, 7) is 10.7. The molecule has 1 atom stereocenters. The van der Waals surface area contributed by atoms with E-state index in [-0.39, 0.29) is 35.5 Å². The summed E-state index contributed by atoms with van der Waals surface area (Å²) in [6.07, 6.45) is 1.51. The molecule has 2 aromatic rings. The average molecular weight is 657 g/mol. The molecule has 3 N–H and O–H groups in total. The van der Waals surface area contributed by atoms with Gasteiger partial charge in [0.1, 0.15) is 16.4 Å². The van der Waals surface area contributed by atoms with Crippen molar-refractivity contribution >= 4 is 62.5 Å². The van der Waals surface area contributed by atoms with E-state index < -0.39 is 17.5 Å². The molecule has 1 aromatic carbocycles. The number of amides is 3. The average Bonchev–Trinajstić information content (AvgIpc) is 3.38. The Bertz CT molecular complexity index is 1260. The number of nitrogens with zero attached hydrogens (tertiary/aromatic N) is 1.